The minimum atomic E-state index is 0.695. The Labute approximate surface area is 136 Å². The van der Waals surface area contributed by atoms with Crippen LogP contribution in [0.2, 0.25) is 0 Å². The van der Waals surface area contributed by atoms with Crippen molar-refractivity contribution in [2.24, 2.45) is 0 Å². The van der Waals surface area contributed by atoms with Crippen LogP contribution in [0.4, 0.5) is 0 Å². The predicted molar refractivity (Wildman–Crippen MR) is 91.5 cm³/mol. The first-order valence-corrected chi connectivity index (χ1v) is 7.53. The van der Waals surface area contributed by atoms with E-state index in [0.29, 0.717) is 13.0 Å². The van der Waals surface area contributed by atoms with Crippen molar-refractivity contribution in [3.8, 4) is 17.0 Å². The molecule has 4 nitrogen and oxygen atoms in total. The van der Waals surface area contributed by atoms with Crippen molar-refractivity contribution in [1.29, 1.82) is 0 Å². The summed E-state index contributed by atoms with van der Waals surface area (Å²) in [7, 11) is 1.66. The van der Waals surface area contributed by atoms with Crippen molar-refractivity contribution in [1.82, 2.24) is 15.0 Å². The summed E-state index contributed by atoms with van der Waals surface area (Å²) in [6, 6.07) is 18.1. The van der Waals surface area contributed by atoms with Gasteiger partial charge in [-0.15, -0.1) is 11.7 Å². The first kappa shape index (κ1) is 15.0. The molecule has 0 spiro atoms. The van der Waals surface area contributed by atoms with E-state index >= 15 is 0 Å². The fraction of sp³-hybridized carbons (Fsp3) is 0.158. The second-order valence-electron chi connectivity index (χ2n) is 5.25. The number of benzene rings is 2. The predicted octanol–water partition coefficient (Wildman–Crippen LogP) is 3.73. The lowest BCUT2D eigenvalue weighted by molar-refractivity contribution is 0.415. The van der Waals surface area contributed by atoms with Gasteiger partial charge in [0.1, 0.15) is 11.4 Å². The van der Waals surface area contributed by atoms with E-state index in [0.717, 1.165) is 22.7 Å². The van der Waals surface area contributed by atoms with E-state index in [1.165, 1.54) is 5.56 Å². The maximum atomic E-state index is 5.30. The molecule has 2 aromatic carbocycles. The number of ether oxygens (including phenoxy) is 1. The lowest BCUT2D eigenvalue weighted by Gasteiger charge is -2.07. The zero-order chi connectivity index (χ0) is 16.1. The molecule has 0 aliphatic heterocycles. The van der Waals surface area contributed by atoms with Gasteiger partial charge in [0.05, 0.1) is 19.3 Å². The Morgan fingerprint density at radius 1 is 1.13 bits per heavy atom. The molecule has 0 N–H and O–H groups in total. The van der Waals surface area contributed by atoms with Crippen LogP contribution in [-0.2, 0) is 13.0 Å². The smallest absolute Gasteiger partial charge is 0.119 e. The summed E-state index contributed by atoms with van der Waals surface area (Å²) >= 11 is 0. The Morgan fingerprint density at radius 3 is 2.70 bits per heavy atom. The highest BCUT2D eigenvalue weighted by atomic mass is 16.5. The van der Waals surface area contributed by atoms with Crippen LogP contribution >= 0.6 is 0 Å². The van der Waals surface area contributed by atoms with E-state index in [2.05, 4.69) is 29.0 Å². The number of hydrogen-bond acceptors (Lipinski definition) is 3. The number of allylic oxidation sites excluding steroid dienone is 1. The van der Waals surface area contributed by atoms with Gasteiger partial charge in [-0.05, 0) is 17.7 Å². The van der Waals surface area contributed by atoms with E-state index in [4.69, 9.17) is 4.74 Å². The zero-order valence-electron chi connectivity index (χ0n) is 13.1. The van der Waals surface area contributed by atoms with Crippen molar-refractivity contribution in [3.63, 3.8) is 0 Å². The van der Waals surface area contributed by atoms with Crippen LogP contribution in [0.1, 0.15) is 11.3 Å². The summed E-state index contributed by atoms with van der Waals surface area (Å²) in [6.07, 6.45) is 2.59. The minimum Gasteiger partial charge on any atom is -0.497 e. The second-order valence-corrected chi connectivity index (χ2v) is 5.25. The van der Waals surface area contributed by atoms with Crippen molar-refractivity contribution in [2.75, 3.05) is 7.11 Å². The zero-order valence-corrected chi connectivity index (χ0v) is 13.1. The monoisotopic (exact) mass is 305 g/mol. The first-order chi connectivity index (χ1) is 11.3. The number of hydrogen-bond donors (Lipinski definition) is 0. The number of nitrogens with zero attached hydrogens (tertiary/aromatic N) is 3. The molecule has 0 amide bonds. The largest absolute Gasteiger partial charge is 0.497 e. The standard InChI is InChI=1S/C19H19N3O/c1-3-8-18-19(16-11-7-12-17(13-16)23-2)20-21-22(18)14-15-9-5-4-6-10-15/h3-7,9-13H,1,8,14H2,2H3. The highest BCUT2D eigenvalue weighted by Gasteiger charge is 2.14. The molecule has 0 aliphatic carbocycles. The molecule has 0 saturated heterocycles. The summed E-state index contributed by atoms with van der Waals surface area (Å²) in [6.45, 7) is 4.55. The molecule has 0 atom stereocenters. The highest BCUT2D eigenvalue weighted by Crippen LogP contribution is 2.26. The lowest BCUT2D eigenvalue weighted by Crippen LogP contribution is -2.06. The summed E-state index contributed by atoms with van der Waals surface area (Å²) < 4.78 is 7.24. The molecule has 0 fully saturated rings. The van der Waals surface area contributed by atoms with Crippen LogP contribution in [0.25, 0.3) is 11.3 Å². The SMILES string of the molecule is C=CCc1c(-c2cccc(OC)c2)nnn1Cc1ccccc1. The number of methoxy groups -OCH3 is 1. The van der Waals surface area contributed by atoms with Gasteiger partial charge >= 0.3 is 0 Å². The first-order valence-electron chi connectivity index (χ1n) is 7.53. The number of aromatic nitrogens is 3. The number of rotatable bonds is 6. The van der Waals surface area contributed by atoms with Crippen LogP contribution in [0.3, 0.4) is 0 Å². The third kappa shape index (κ3) is 3.31. The molecule has 3 rings (SSSR count). The normalized spacial score (nSPS) is 10.5. The molecule has 0 bridgehead atoms. The van der Waals surface area contributed by atoms with Gasteiger partial charge in [0.25, 0.3) is 0 Å². The van der Waals surface area contributed by atoms with Gasteiger partial charge in [0.15, 0.2) is 0 Å². The summed E-state index contributed by atoms with van der Waals surface area (Å²) in [5, 5.41) is 8.73. The quantitative estimate of drug-likeness (QED) is 0.651. The average Bonchev–Trinajstić information content (AvgIpc) is 2.99. The van der Waals surface area contributed by atoms with Gasteiger partial charge in [-0.1, -0.05) is 53.8 Å². The Bertz CT molecular complexity index is 793. The van der Waals surface area contributed by atoms with Crippen LogP contribution in [-0.4, -0.2) is 22.1 Å². The van der Waals surface area contributed by atoms with Crippen LogP contribution < -0.4 is 4.74 Å². The van der Waals surface area contributed by atoms with Crippen molar-refractivity contribution < 1.29 is 4.74 Å². The second kappa shape index (κ2) is 6.92. The molecule has 116 valence electrons. The van der Waals surface area contributed by atoms with Crippen LogP contribution in [0.5, 0.6) is 5.75 Å². The molecular formula is C19H19N3O. The lowest BCUT2D eigenvalue weighted by atomic mass is 10.1. The molecule has 3 aromatic rings. The van der Waals surface area contributed by atoms with Crippen LogP contribution in [0, 0.1) is 0 Å². The molecule has 0 saturated carbocycles. The summed E-state index contributed by atoms with van der Waals surface area (Å²) in [5.41, 5.74) is 4.12. The Kier molecular flexibility index (Phi) is 4.52. The van der Waals surface area contributed by atoms with E-state index < -0.39 is 0 Å². The fourth-order valence-electron chi connectivity index (χ4n) is 2.55. The van der Waals surface area contributed by atoms with E-state index in [-0.39, 0.29) is 0 Å². The van der Waals surface area contributed by atoms with Gasteiger partial charge in [-0.3, -0.25) is 0 Å². The molecule has 4 heteroatoms. The van der Waals surface area contributed by atoms with Crippen molar-refractivity contribution in [2.45, 2.75) is 13.0 Å². The van der Waals surface area contributed by atoms with Crippen molar-refractivity contribution in [3.05, 3.63) is 78.5 Å². The third-order valence-electron chi connectivity index (χ3n) is 3.69. The molecule has 1 aromatic heterocycles. The highest BCUT2D eigenvalue weighted by molar-refractivity contribution is 5.63. The Hall–Kier alpha value is -2.88. The maximum absolute atomic E-state index is 5.30. The summed E-state index contributed by atoms with van der Waals surface area (Å²) in [5.74, 6) is 0.810. The van der Waals surface area contributed by atoms with E-state index in [1.807, 2.05) is 53.2 Å². The van der Waals surface area contributed by atoms with Crippen LogP contribution in [0.15, 0.2) is 67.3 Å². The molecule has 0 radical (unpaired) electrons. The van der Waals surface area contributed by atoms with Gasteiger partial charge in [0.2, 0.25) is 0 Å². The Morgan fingerprint density at radius 2 is 1.96 bits per heavy atom. The molecule has 0 aliphatic rings. The molecule has 23 heavy (non-hydrogen) atoms. The van der Waals surface area contributed by atoms with Gasteiger partial charge in [-0.2, -0.15) is 0 Å². The summed E-state index contributed by atoms with van der Waals surface area (Å²) in [4.78, 5) is 0. The molecule has 0 unspecified atom stereocenters. The van der Waals surface area contributed by atoms with E-state index in [1.54, 1.807) is 7.11 Å². The maximum Gasteiger partial charge on any atom is 0.119 e. The van der Waals surface area contributed by atoms with Crippen molar-refractivity contribution >= 4 is 0 Å². The molecule has 1 heterocycles. The minimum absolute atomic E-state index is 0.695. The topological polar surface area (TPSA) is 39.9 Å². The van der Waals surface area contributed by atoms with Gasteiger partial charge in [-0.25, -0.2) is 4.68 Å². The third-order valence-corrected chi connectivity index (χ3v) is 3.69. The average molecular weight is 305 g/mol. The Balaban J connectivity index is 1.99. The van der Waals surface area contributed by atoms with E-state index in [9.17, 15) is 0 Å². The van der Waals surface area contributed by atoms with Gasteiger partial charge in [0, 0.05) is 12.0 Å². The van der Waals surface area contributed by atoms with Gasteiger partial charge < -0.3 is 4.74 Å². The molecular weight excluding hydrogens is 286 g/mol. The fourth-order valence-corrected chi connectivity index (χ4v) is 2.55.